The van der Waals surface area contributed by atoms with Gasteiger partial charge in [-0.15, -0.1) is 0 Å². The van der Waals surface area contributed by atoms with Crippen LogP contribution in [0.15, 0.2) is 36.5 Å². The van der Waals surface area contributed by atoms with Crippen LogP contribution in [0.3, 0.4) is 0 Å². The summed E-state index contributed by atoms with van der Waals surface area (Å²) >= 11 is 0. The number of carbonyl (C=O) groups excluding carboxylic acids is 2. The summed E-state index contributed by atoms with van der Waals surface area (Å²) in [4.78, 5) is 37.3. The molecule has 2 aromatic rings. The zero-order chi connectivity index (χ0) is 21.3. The van der Waals surface area contributed by atoms with E-state index in [1.54, 1.807) is 30.5 Å². The van der Waals surface area contributed by atoms with Crippen LogP contribution in [0, 0.1) is 0 Å². The number of piperidine rings is 1. The van der Waals surface area contributed by atoms with Crippen molar-refractivity contribution >= 4 is 29.1 Å². The SMILES string of the molecule is O=C(CCC(F)(F)F)c1ccc2c(n1)N(C(=O)Nc1ccccn1)[C@H]1CCCN2C1. The van der Waals surface area contributed by atoms with Gasteiger partial charge in [0.2, 0.25) is 0 Å². The van der Waals surface area contributed by atoms with Gasteiger partial charge in [0.25, 0.3) is 0 Å². The average molecular weight is 419 g/mol. The number of hydrogen-bond acceptors (Lipinski definition) is 5. The fraction of sp³-hybridized carbons (Fsp3) is 0.400. The fourth-order valence-corrected chi connectivity index (χ4v) is 3.83. The predicted octanol–water partition coefficient (Wildman–Crippen LogP) is 4.02. The molecule has 0 spiro atoms. The van der Waals surface area contributed by atoms with Crippen LogP contribution in [0.25, 0.3) is 0 Å². The molecule has 7 nitrogen and oxygen atoms in total. The van der Waals surface area contributed by atoms with Crippen molar-refractivity contribution in [1.82, 2.24) is 9.97 Å². The lowest BCUT2D eigenvalue weighted by molar-refractivity contribution is -0.133. The van der Waals surface area contributed by atoms with Crippen molar-refractivity contribution in [1.29, 1.82) is 0 Å². The number of anilines is 3. The number of nitrogens with one attached hydrogen (secondary N) is 1. The van der Waals surface area contributed by atoms with Gasteiger partial charge in [-0.2, -0.15) is 13.2 Å². The largest absolute Gasteiger partial charge is 0.389 e. The molecule has 2 amide bonds. The Labute approximate surface area is 170 Å². The first-order valence-electron chi connectivity index (χ1n) is 9.69. The van der Waals surface area contributed by atoms with Gasteiger partial charge in [-0.3, -0.25) is 15.0 Å². The summed E-state index contributed by atoms with van der Waals surface area (Å²) in [5.41, 5.74) is 0.615. The molecular weight excluding hydrogens is 399 g/mol. The van der Waals surface area contributed by atoms with E-state index in [-0.39, 0.29) is 17.6 Å². The zero-order valence-electron chi connectivity index (χ0n) is 16.0. The molecule has 0 aromatic carbocycles. The highest BCUT2D eigenvalue weighted by Crippen LogP contribution is 2.38. The highest BCUT2D eigenvalue weighted by molar-refractivity contribution is 6.04. The Balaban J connectivity index is 1.64. The van der Waals surface area contributed by atoms with Gasteiger partial charge < -0.3 is 4.90 Å². The van der Waals surface area contributed by atoms with Crippen LogP contribution >= 0.6 is 0 Å². The number of amides is 2. The molecule has 1 atom stereocenters. The van der Waals surface area contributed by atoms with E-state index in [1.807, 2.05) is 0 Å². The highest BCUT2D eigenvalue weighted by Gasteiger charge is 2.39. The molecule has 4 rings (SSSR count). The van der Waals surface area contributed by atoms with Gasteiger partial charge in [0.15, 0.2) is 11.6 Å². The fourth-order valence-electron chi connectivity index (χ4n) is 3.83. The van der Waals surface area contributed by atoms with Gasteiger partial charge in [0.05, 0.1) is 18.2 Å². The Bertz CT molecular complexity index is 951. The number of Topliss-reactive ketones (excluding diaryl/α,β-unsaturated/α-hetero) is 1. The molecule has 1 saturated heterocycles. The van der Waals surface area contributed by atoms with Crippen LogP contribution in [0.5, 0.6) is 0 Å². The van der Waals surface area contributed by atoms with Gasteiger partial charge in [0.1, 0.15) is 11.5 Å². The number of nitrogens with zero attached hydrogens (tertiary/aromatic N) is 4. The first-order valence-corrected chi connectivity index (χ1v) is 9.69. The highest BCUT2D eigenvalue weighted by atomic mass is 19.4. The van der Waals surface area contributed by atoms with E-state index in [0.29, 0.717) is 18.1 Å². The van der Waals surface area contributed by atoms with E-state index in [0.717, 1.165) is 19.4 Å². The van der Waals surface area contributed by atoms with Crippen molar-refractivity contribution in [3.63, 3.8) is 0 Å². The second-order valence-corrected chi connectivity index (χ2v) is 7.33. The summed E-state index contributed by atoms with van der Waals surface area (Å²) in [7, 11) is 0. The molecule has 2 aromatic heterocycles. The lowest BCUT2D eigenvalue weighted by Crippen LogP contribution is -2.56. The molecule has 2 aliphatic rings. The van der Waals surface area contributed by atoms with Crippen molar-refractivity contribution in [2.45, 2.75) is 37.9 Å². The summed E-state index contributed by atoms with van der Waals surface area (Å²) in [6.45, 7) is 1.42. The Morgan fingerprint density at radius 2 is 2.03 bits per heavy atom. The molecule has 30 heavy (non-hydrogen) atoms. The molecule has 1 N–H and O–H groups in total. The number of hydrogen-bond donors (Lipinski definition) is 1. The van der Waals surface area contributed by atoms with Crippen LogP contribution in [-0.4, -0.2) is 47.1 Å². The number of halogens is 3. The topological polar surface area (TPSA) is 78.4 Å². The lowest BCUT2D eigenvalue weighted by Gasteiger charge is -2.45. The molecular formula is C20H20F3N5O2. The third-order valence-electron chi connectivity index (χ3n) is 5.22. The third-order valence-corrected chi connectivity index (χ3v) is 5.22. The minimum Gasteiger partial charge on any atom is -0.366 e. The van der Waals surface area contributed by atoms with Crippen LogP contribution in [0.4, 0.5) is 35.3 Å². The molecule has 1 fully saturated rings. The summed E-state index contributed by atoms with van der Waals surface area (Å²) in [5.74, 6) is -0.0390. The Hall–Kier alpha value is -3.17. The smallest absolute Gasteiger partial charge is 0.366 e. The molecule has 4 heterocycles. The van der Waals surface area contributed by atoms with Crippen LogP contribution in [0.2, 0.25) is 0 Å². The van der Waals surface area contributed by atoms with Crippen LogP contribution in [-0.2, 0) is 0 Å². The van der Waals surface area contributed by atoms with E-state index in [2.05, 4.69) is 20.2 Å². The maximum atomic E-state index is 13.1. The molecule has 0 saturated carbocycles. The number of carbonyl (C=O) groups is 2. The summed E-state index contributed by atoms with van der Waals surface area (Å²) in [6.07, 6.45) is -3.09. The molecule has 10 heteroatoms. The Kier molecular flexibility index (Phi) is 5.31. The summed E-state index contributed by atoms with van der Waals surface area (Å²) in [5, 5.41) is 2.73. The van der Waals surface area contributed by atoms with Gasteiger partial charge in [-0.25, -0.2) is 14.8 Å². The third kappa shape index (κ3) is 4.22. The molecule has 0 unspecified atom stereocenters. The quantitative estimate of drug-likeness (QED) is 0.758. The zero-order valence-corrected chi connectivity index (χ0v) is 16.0. The molecule has 158 valence electrons. The predicted molar refractivity (Wildman–Crippen MR) is 105 cm³/mol. The van der Waals surface area contributed by atoms with Gasteiger partial charge >= 0.3 is 12.2 Å². The second-order valence-electron chi connectivity index (χ2n) is 7.33. The second kappa shape index (κ2) is 7.92. The van der Waals surface area contributed by atoms with Gasteiger partial charge in [-0.1, -0.05) is 6.07 Å². The van der Waals surface area contributed by atoms with Crippen LogP contribution in [0.1, 0.15) is 36.2 Å². The van der Waals surface area contributed by atoms with E-state index in [4.69, 9.17) is 0 Å². The van der Waals surface area contributed by atoms with Crippen molar-refractivity contribution in [2.24, 2.45) is 0 Å². The minimum absolute atomic E-state index is 0.0743. The average Bonchev–Trinajstić information content (AvgIpc) is 2.72. The molecule has 0 aliphatic carbocycles. The van der Waals surface area contributed by atoms with E-state index in [9.17, 15) is 22.8 Å². The van der Waals surface area contributed by atoms with Gasteiger partial charge in [0, 0.05) is 25.7 Å². The molecule has 2 bridgehead atoms. The summed E-state index contributed by atoms with van der Waals surface area (Å²) < 4.78 is 37.5. The van der Waals surface area contributed by atoms with Crippen LogP contribution < -0.4 is 15.1 Å². The normalized spacial score (nSPS) is 18.0. The van der Waals surface area contributed by atoms with Crippen molar-refractivity contribution in [3.8, 4) is 0 Å². The number of pyridine rings is 2. The number of rotatable bonds is 4. The summed E-state index contributed by atoms with van der Waals surface area (Å²) in [6, 6.07) is 7.63. The number of fused-ring (bicyclic) bond motifs is 4. The first-order chi connectivity index (χ1) is 14.3. The van der Waals surface area contributed by atoms with Crippen molar-refractivity contribution in [3.05, 3.63) is 42.2 Å². The number of aromatic nitrogens is 2. The number of alkyl halides is 3. The first kappa shape index (κ1) is 20.1. The van der Waals surface area contributed by atoms with Crippen molar-refractivity contribution in [2.75, 3.05) is 28.2 Å². The number of urea groups is 1. The Morgan fingerprint density at radius 3 is 2.77 bits per heavy atom. The Morgan fingerprint density at radius 1 is 1.20 bits per heavy atom. The van der Waals surface area contributed by atoms with E-state index in [1.165, 1.54) is 11.0 Å². The van der Waals surface area contributed by atoms with E-state index < -0.39 is 30.8 Å². The molecule has 0 radical (unpaired) electrons. The van der Waals surface area contributed by atoms with Gasteiger partial charge in [-0.05, 0) is 37.1 Å². The maximum Gasteiger partial charge on any atom is 0.389 e. The van der Waals surface area contributed by atoms with Crippen molar-refractivity contribution < 1.29 is 22.8 Å². The monoisotopic (exact) mass is 419 g/mol. The minimum atomic E-state index is -4.42. The molecule has 2 aliphatic heterocycles. The van der Waals surface area contributed by atoms with E-state index >= 15 is 0 Å². The standard InChI is InChI=1S/C20H20F3N5O2/c21-20(22,23)9-8-16(29)14-6-7-15-18(25-14)28(13-4-3-11-27(15)12-13)19(30)26-17-5-1-2-10-24-17/h1-2,5-7,10,13H,3-4,8-9,11-12H2,(H,24,26,30)/t13-/m0/s1. The number of ketones is 1. The lowest BCUT2D eigenvalue weighted by atomic mass is 9.99. The maximum absolute atomic E-state index is 13.1.